The van der Waals surface area contributed by atoms with Gasteiger partial charge in [-0.05, 0) is 11.6 Å². The van der Waals surface area contributed by atoms with E-state index in [0.717, 1.165) is 5.56 Å². The smallest absolute Gasteiger partial charge is 0.311 e. The minimum Gasteiger partial charge on any atom is -0.486 e. The van der Waals surface area contributed by atoms with Crippen LogP contribution in [-0.4, -0.2) is 31.8 Å². The van der Waals surface area contributed by atoms with Crippen LogP contribution in [0.5, 0.6) is 5.75 Å². The number of rotatable bonds is 9. The number of nitrogens with zero attached hydrogens (tertiary/aromatic N) is 1. The van der Waals surface area contributed by atoms with Crippen LogP contribution < -0.4 is 10.1 Å². The van der Waals surface area contributed by atoms with Gasteiger partial charge in [-0.3, -0.25) is 10.1 Å². The van der Waals surface area contributed by atoms with E-state index < -0.39 is 4.92 Å². The van der Waals surface area contributed by atoms with Crippen LogP contribution in [0.1, 0.15) is 12.0 Å². The van der Waals surface area contributed by atoms with Crippen LogP contribution in [-0.2, 0) is 11.3 Å². The van der Waals surface area contributed by atoms with Crippen LogP contribution in [0.25, 0.3) is 0 Å². The molecule has 0 unspecified atom stereocenters. The first kappa shape index (κ1) is 16.0. The van der Waals surface area contributed by atoms with Gasteiger partial charge < -0.3 is 14.8 Å². The van der Waals surface area contributed by atoms with E-state index >= 15 is 0 Å². The van der Waals surface area contributed by atoms with Crippen LogP contribution in [0.4, 0.5) is 5.69 Å². The summed E-state index contributed by atoms with van der Waals surface area (Å²) in [5.74, 6) is 2.66. The van der Waals surface area contributed by atoms with E-state index in [1.807, 2.05) is 0 Å². The van der Waals surface area contributed by atoms with Gasteiger partial charge in [-0.15, -0.1) is 12.3 Å². The van der Waals surface area contributed by atoms with Crippen molar-refractivity contribution in [1.82, 2.24) is 5.32 Å². The third kappa shape index (κ3) is 5.26. The van der Waals surface area contributed by atoms with Crippen molar-refractivity contribution in [2.75, 3.05) is 26.9 Å². The molecule has 0 atom stereocenters. The lowest BCUT2D eigenvalue weighted by Crippen LogP contribution is -2.18. The molecule has 0 saturated heterocycles. The third-order valence-electron chi connectivity index (χ3n) is 2.54. The van der Waals surface area contributed by atoms with Crippen molar-refractivity contribution in [1.29, 1.82) is 0 Å². The fraction of sp³-hybridized carbons (Fsp3) is 0.429. The number of nitro benzene ring substituents is 1. The number of methoxy groups -OCH3 is 1. The Bertz CT molecular complexity index is 483. The molecule has 6 heteroatoms. The van der Waals surface area contributed by atoms with Gasteiger partial charge >= 0.3 is 5.69 Å². The van der Waals surface area contributed by atoms with Crippen LogP contribution in [0.15, 0.2) is 18.2 Å². The van der Waals surface area contributed by atoms with Gasteiger partial charge in [0, 0.05) is 32.7 Å². The molecule has 1 rings (SSSR count). The average Bonchev–Trinajstić information content (AvgIpc) is 2.44. The van der Waals surface area contributed by atoms with Gasteiger partial charge in [-0.2, -0.15) is 0 Å². The Morgan fingerprint density at radius 3 is 2.90 bits per heavy atom. The molecule has 0 aliphatic heterocycles. The lowest BCUT2D eigenvalue weighted by atomic mass is 10.2. The highest BCUT2D eigenvalue weighted by molar-refractivity contribution is 5.48. The molecule has 1 aromatic rings. The molecule has 0 amide bonds. The van der Waals surface area contributed by atoms with Gasteiger partial charge in [0.15, 0.2) is 5.75 Å². The van der Waals surface area contributed by atoms with Gasteiger partial charge in [-0.1, -0.05) is 6.07 Å². The summed E-state index contributed by atoms with van der Waals surface area (Å²) >= 11 is 0. The number of benzene rings is 1. The molecule has 6 nitrogen and oxygen atoms in total. The summed E-state index contributed by atoms with van der Waals surface area (Å²) in [5.41, 5.74) is 0.769. The monoisotopic (exact) mass is 278 g/mol. The van der Waals surface area contributed by atoms with Crippen LogP contribution >= 0.6 is 0 Å². The molecule has 0 aliphatic rings. The highest BCUT2D eigenvalue weighted by atomic mass is 16.6. The number of hydrogen-bond acceptors (Lipinski definition) is 5. The van der Waals surface area contributed by atoms with E-state index in [1.165, 1.54) is 6.07 Å². The normalized spacial score (nSPS) is 10.0. The van der Waals surface area contributed by atoms with Crippen molar-refractivity contribution < 1.29 is 14.4 Å². The van der Waals surface area contributed by atoms with Crippen LogP contribution in [0.3, 0.4) is 0 Å². The van der Waals surface area contributed by atoms with Crippen molar-refractivity contribution in [3.05, 3.63) is 33.9 Å². The van der Waals surface area contributed by atoms with Crippen molar-refractivity contribution in [2.45, 2.75) is 13.0 Å². The second-order valence-corrected chi connectivity index (χ2v) is 4.03. The number of nitrogens with one attached hydrogen (secondary N) is 1. The Morgan fingerprint density at radius 2 is 2.25 bits per heavy atom. The summed E-state index contributed by atoms with van der Waals surface area (Å²) in [7, 11) is 1.62. The van der Waals surface area contributed by atoms with E-state index in [1.54, 1.807) is 19.2 Å². The topological polar surface area (TPSA) is 73.6 Å². The maximum absolute atomic E-state index is 11.0. The maximum atomic E-state index is 11.0. The first-order valence-corrected chi connectivity index (χ1v) is 6.22. The fourth-order valence-electron chi connectivity index (χ4n) is 1.56. The predicted octanol–water partition coefficient (Wildman–Crippen LogP) is 1.73. The predicted molar refractivity (Wildman–Crippen MR) is 75.6 cm³/mol. The molecule has 0 saturated carbocycles. The lowest BCUT2D eigenvalue weighted by Gasteiger charge is -2.08. The molecule has 0 spiro atoms. The van der Waals surface area contributed by atoms with E-state index in [-0.39, 0.29) is 18.0 Å². The van der Waals surface area contributed by atoms with Gasteiger partial charge in [0.1, 0.15) is 0 Å². The van der Waals surface area contributed by atoms with Crippen LogP contribution in [0, 0.1) is 22.5 Å². The molecule has 0 radical (unpaired) electrons. The third-order valence-corrected chi connectivity index (χ3v) is 2.54. The molecule has 0 fully saturated rings. The average molecular weight is 278 g/mol. The zero-order chi connectivity index (χ0) is 14.8. The number of hydrogen-bond donors (Lipinski definition) is 1. The Kier molecular flexibility index (Phi) is 7.11. The molecular formula is C14H18N2O4. The summed E-state index contributed by atoms with van der Waals surface area (Å²) in [5, 5.41) is 14.2. The highest BCUT2D eigenvalue weighted by Crippen LogP contribution is 2.28. The van der Waals surface area contributed by atoms with E-state index in [9.17, 15) is 10.1 Å². The Morgan fingerprint density at radius 1 is 1.45 bits per heavy atom. The van der Waals surface area contributed by atoms with Crippen molar-refractivity contribution in [3.8, 4) is 18.1 Å². The molecule has 108 valence electrons. The second-order valence-electron chi connectivity index (χ2n) is 4.03. The summed E-state index contributed by atoms with van der Waals surface area (Å²) in [6.45, 7) is 2.08. The zero-order valence-electron chi connectivity index (χ0n) is 11.4. The SMILES string of the molecule is C#CCCOc1ccc(CNCCOC)cc1[N+](=O)[O-]. The number of terminal acetylenes is 1. The second kappa shape index (κ2) is 8.91. The molecule has 1 N–H and O–H groups in total. The lowest BCUT2D eigenvalue weighted by molar-refractivity contribution is -0.385. The van der Waals surface area contributed by atoms with Crippen molar-refractivity contribution >= 4 is 5.69 Å². The minimum atomic E-state index is -0.455. The summed E-state index contributed by atoms with van der Waals surface area (Å²) in [6.07, 6.45) is 5.53. The molecule has 1 aromatic carbocycles. The summed E-state index contributed by atoms with van der Waals surface area (Å²) < 4.78 is 10.2. The standard InChI is InChI=1S/C14H18N2O4/c1-3-4-8-20-14-6-5-12(10-13(14)16(17)18)11-15-7-9-19-2/h1,5-6,10,15H,4,7-9,11H2,2H3. The highest BCUT2D eigenvalue weighted by Gasteiger charge is 2.15. The van der Waals surface area contributed by atoms with E-state index in [0.29, 0.717) is 26.1 Å². The molecule has 20 heavy (non-hydrogen) atoms. The van der Waals surface area contributed by atoms with Crippen molar-refractivity contribution in [3.63, 3.8) is 0 Å². The van der Waals surface area contributed by atoms with Gasteiger partial charge in [0.05, 0.1) is 18.1 Å². The number of nitro groups is 1. The van der Waals surface area contributed by atoms with Gasteiger partial charge in [0.25, 0.3) is 0 Å². The number of ether oxygens (including phenoxy) is 2. The van der Waals surface area contributed by atoms with Crippen LogP contribution in [0.2, 0.25) is 0 Å². The fourth-order valence-corrected chi connectivity index (χ4v) is 1.56. The Labute approximate surface area is 118 Å². The Balaban J connectivity index is 2.69. The largest absolute Gasteiger partial charge is 0.486 e. The molecule has 0 bridgehead atoms. The zero-order valence-corrected chi connectivity index (χ0v) is 11.4. The summed E-state index contributed by atoms with van der Waals surface area (Å²) in [6, 6.07) is 4.89. The minimum absolute atomic E-state index is 0.0481. The van der Waals surface area contributed by atoms with E-state index in [4.69, 9.17) is 15.9 Å². The van der Waals surface area contributed by atoms with Gasteiger partial charge in [0.2, 0.25) is 0 Å². The quantitative estimate of drug-likeness (QED) is 0.322. The maximum Gasteiger partial charge on any atom is 0.311 e. The molecule has 0 aromatic heterocycles. The van der Waals surface area contributed by atoms with Gasteiger partial charge in [-0.25, -0.2) is 0 Å². The summed E-state index contributed by atoms with van der Waals surface area (Å²) in [4.78, 5) is 10.6. The van der Waals surface area contributed by atoms with E-state index in [2.05, 4.69) is 11.2 Å². The molecular weight excluding hydrogens is 260 g/mol. The first-order valence-electron chi connectivity index (χ1n) is 6.22. The van der Waals surface area contributed by atoms with Crippen molar-refractivity contribution in [2.24, 2.45) is 0 Å². The first-order chi connectivity index (χ1) is 9.69. The Hall–Kier alpha value is -2.10. The molecule has 0 heterocycles. The molecule has 0 aliphatic carbocycles.